The van der Waals surface area contributed by atoms with Gasteiger partial charge in [-0.25, -0.2) is 0 Å². The maximum atomic E-state index is 5.96. The molecule has 100 valence electrons. The van der Waals surface area contributed by atoms with Gasteiger partial charge >= 0.3 is 0 Å². The molecule has 0 unspecified atom stereocenters. The van der Waals surface area contributed by atoms with Crippen LogP contribution in [-0.2, 0) is 13.0 Å². The molecular formula is C15H15BrClNO. The van der Waals surface area contributed by atoms with E-state index in [4.69, 9.17) is 22.1 Å². The molecule has 0 saturated carbocycles. The van der Waals surface area contributed by atoms with E-state index < -0.39 is 0 Å². The van der Waals surface area contributed by atoms with Crippen LogP contribution < -0.4 is 10.5 Å². The van der Waals surface area contributed by atoms with Gasteiger partial charge < -0.3 is 10.5 Å². The first-order valence-electron chi connectivity index (χ1n) is 6.05. The third kappa shape index (κ3) is 3.96. The van der Waals surface area contributed by atoms with Gasteiger partial charge in [0.2, 0.25) is 0 Å². The third-order valence-electron chi connectivity index (χ3n) is 2.73. The van der Waals surface area contributed by atoms with E-state index in [1.807, 2.05) is 42.5 Å². The molecule has 0 aliphatic carbocycles. The van der Waals surface area contributed by atoms with Crippen molar-refractivity contribution in [2.75, 3.05) is 6.54 Å². The number of halogens is 2. The number of hydrogen-bond donors (Lipinski definition) is 1. The summed E-state index contributed by atoms with van der Waals surface area (Å²) in [6, 6.07) is 13.6. The molecule has 0 bridgehead atoms. The molecule has 0 amide bonds. The van der Waals surface area contributed by atoms with Crippen molar-refractivity contribution in [1.82, 2.24) is 0 Å². The van der Waals surface area contributed by atoms with Crippen molar-refractivity contribution in [2.24, 2.45) is 5.73 Å². The Morgan fingerprint density at radius 3 is 2.68 bits per heavy atom. The average Bonchev–Trinajstić information content (AvgIpc) is 2.38. The molecule has 2 rings (SSSR count). The molecule has 0 radical (unpaired) electrons. The van der Waals surface area contributed by atoms with Crippen molar-refractivity contribution in [3.63, 3.8) is 0 Å². The predicted octanol–water partition coefficient (Wildman–Crippen LogP) is 4.18. The summed E-state index contributed by atoms with van der Waals surface area (Å²) < 4.78 is 6.85. The van der Waals surface area contributed by atoms with E-state index in [-0.39, 0.29) is 0 Å². The lowest BCUT2D eigenvalue weighted by Gasteiger charge is -2.13. The quantitative estimate of drug-likeness (QED) is 0.886. The van der Waals surface area contributed by atoms with E-state index in [1.54, 1.807) is 0 Å². The summed E-state index contributed by atoms with van der Waals surface area (Å²) in [5.74, 6) is 0.855. The van der Waals surface area contributed by atoms with Crippen LogP contribution in [0.2, 0.25) is 5.02 Å². The summed E-state index contributed by atoms with van der Waals surface area (Å²) in [6.07, 6.45) is 0.796. The number of benzene rings is 2. The number of ether oxygens (including phenoxy) is 1. The Labute approximate surface area is 126 Å². The molecule has 0 atom stereocenters. The van der Waals surface area contributed by atoms with Crippen molar-refractivity contribution in [3.8, 4) is 5.75 Å². The molecule has 4 heteroatoms. The maximum absolute atomic E-state index is 5.96. The van der Waals surface area contributed by atoms with E-state index in [0.717, 1.165) is 32.8 Å². The average molecular weight is 341 g/mol. The molecule has 0 fully saturated rings. The van der Waals surface area contributed by atoms with Crippen molar-refractivity contribution in [3.05, 3.63) is 63.1 Å². The summed E-state index contributed by atoms with van der Waals surface area (Å²) in [7, 11) is 0. The zero-order valence-corrected chi connectivity index (χ0v) is 12.7. The number of nitrogens with two attached hydrogens (primary N) is 1. The second kappa shape index (κ2) is 6.94. The smallest absolute Gasteiger partial charge is 0.137 e. The number of para-hydroxylation sites is 1. The molecule has 0 aromatic heterocycles. The molecule has 0 aliphatic rings. The zero-order valence-electron chi connectivity index (χ0n) is 10.4. The highest BCUT2D eigenvalue weighted by atomic mass is 79.9. The van der Waals surface area contributed by atoms with Crippen LogP contribution >= 0.6 is 27.5 Å². The first kappa shape index (κ1) is 14.4. The lowest BCUT2D eigenvalue weighted by atomic mass is 10.1. The highest BCUT2D eigenvalue weighted by Crippen LogP contribution is 2.30. The van der Waals surface area contributed by atoms with E-state index in [0.29, 0.717) is 13.2 Å². The highest BCUT2D eigenvalue weighted by Gasteiger charge is 2.08. The van der Waals surface area contributed by atoms with Crippen LogP contribution in [0.5, 0.6) is 5.75 Å². The van der Waals surface area contributed by atoms with Gasteiger partial charge in [-0.3, -0.25) is 0 Å². The van der Waals surface area contributed by atoms with Gasteiger partial charge in [-0.15, -0.1) is 0 Å². The molecule has 2 N–H and O–H groups in total. The lowest BCUT2D eigenvalue weighted by Crippen LogP contribution is -2.06. The second-order valence-electron chi connectivity index (χ2n) is 4.19. The summed E-state index contributed by atoms with van der Waals surface area (Å²) in [6.45, 7) is 1.09. The molecule has 2 aromatic rings. The van der Waals surface area contributed by atoms with Gasteiger partial charge in [-0.05, 0) is 58.2 Å². The van der Waals surface area contributed by atoms with Crippen LogP contribution in [0.15, 0.2) is 46.9 Å². The molecule has 2 aromatic carbocycles. The minimum Gasteiger partial charge on any atom is -0.487 e. The largest absolute Gasteiger partial charge is 0.487 e. The van der Waals surface area contributed by atoms with Crippen LogP contribution in [-0.4, -0.2) is 6.54 Å². The SMILES string of the molecule is NCCc1cccc(Br)c1OCc1cccc(Cl)c1. The van der Waals surface area contributed by atoms with Gasteiger partial charge in [0.05, 0.1) is 4.47 Å². The Hall–Kier alpha value is -1.03. The van der Waals surface area contributed by atoms with E-state index in [2.05, 4.69) is 15.9 Å². The Balaban J connectivity index is 2.14. The first-order valence-corrected chi connectivity index (χ1v) is 7.22. The van der Waals surface area contributed by atoms with E-state index >= 15 is 0 Å². The van der Waals surface area contributed by atoms with Crippen molar-refractivity contribution >= 4 is 27.5 Å². The van der Waals surface area contributed by atoms with Gasteiger partial charge in [0, 0.05) is 5.02 Å². The normalized spacial score (nSPS) is 10.5. The van der Waals surface area contributed by atoms with Crippen molar-refractivity contribution < 1.29 is 4.74 Å². The zero-order chi connectivity index (χ0) is 13.7. The van der Waals surface area contributed by atoms with Crippen LogP contribution in [0, 0.1) is 0 Å². The Morgan fingerprint density at radius 2 is 1.95 bits per heavy atom. The molecule has 0 saturated heterocycles. The van der Waals surface area contributed by atoms with Gasteiger partial charge in [0.1, 0.15) is 12.4 Å². The topological polar surface area (TPSA) is 35.2 Å². The molecule has 19 heavy (non-hydrogen) atoms. The summed E-state index contributed by atoms with van der Waals surface area (Å²) >= 11 is 9.47. The predicted molar refractivity (Wildman–Crippen MR) is 82.7 cm³/mol. The van der Waals surface area contributed by atoms with Gasteiger partial charge in [0.25, 0.3) is 0 Å². The fourth-order valence-corrected chi connectivity index (χ4v) is 2.58. The Kier molecular flexibility index (Phi) is 5.25. The summed E-state index contributed by atoms with van der Waals surface area (Å²) in [4.78, 5) is 0. The van der Waals surface area contributed by atoms with Crippen LogP contribution in [0.4, 0.5) is 0 Å². The number of rotatable bonds is 5. The first-order chi connectivity index (χ1) is 9.20. The van der Waals surface area contributed by atoms with Gasteiger partial charge in [-0.2, -0.15) is 0 Å². The lowest BCUT2D eigenvalue weighted by molar-refractivity contribution is 0.301. The van der Waals surface area contributed by atoms with Crippen molar-refractivity contribution in [2.45, 2.75) is 13.0 Å². The monoisotopic (exact) mass is 339 g/mol. The minimum atomic E-state index is 0.487. The molecule has 0 spiro atoms. The fraction of sp³-hybridized carbons (Fsp3) is 0.200. The standard InChI is InChI=1S/C15H15BrClNO/c16-14-6-2-4-12(7-8-18)15(14)19-10-11-3-1-5-13(17)9-11/h1-6,9H,7-8,10,18H2. The molecule has 0 heterocycles. The fourth-order valence-electron chi connectivity index (χ4n) is 1.85. The summed E-state index contributed by atoms with van der Waals surface area (Å²) in [5, 5.41) is 0.718. The third-order valence-corrected chi connectivity index (χ3v) is 3.59. The second-order valence-corrected chi connectivity index (χ2v) is 5.48. The number of hydrogen-bond acceptors (Lipinski definition) is 2. The molecular weight excluding hydrogens is 326 g/mol. The van der Waals surface area contributed by atoms with Crippen LogP contribution in [0.1, 0.15) is 11.1 Å². The molecule has 2 nitrogen and oxygen atoms in total. The maximum Gasteiger partial charge on any atom is 0.137 e. The Morgan fingerprint density at radius 1 is 1.16 bits per heavy atom. The van der Waals surface area contributed by atoms with E-state index in [9.17, 15) is 0 Å². The van der Waals surface area contributed by atoms with Gasteiger partial charge in [0.15, 0.2) is 0 Å². The van der Waals surface area contributed by atoms with Crippen LogP contribution in [0.25, 0.3) is 0 Å². The highest BCUT2D eigenvalue weighted by molar-refractivity contribution is 9.10. The van der Waals surface area contributed by atoms with Crippen molar-refractivity contribution in [1.29, 1.82) is 0 Å². The minimum absolute atomic E-state index is 0.487. The molecule has 0 aliphatic heterocycles. The summed E-state index contributed by atoms with van der Waals surface area (Å²) in [5.41, 5.74) is 7.77. The van der Waals surface area contributed by atoms with E-state index in [1.165, 1.54) is 0 Å². The van der Waals surface area contributed by atoms with Gasteiger partial charge in [-0.1, -0.05) is 35.9 Å². The van der Waals surface area contributed by atoms with Crippen LogP contribution in [0.3, 0.4) is 0 Å². The Bertz CT molecular complexity index is 560.